The van der Waals surface area contributed by atoms with Gasteiger partial charge in [0.25, 0.3) is 5.91 Å². The Hall–Kier alpha value is -3.36. The van der Waals surface area contributed by atoms with Crippen LogP contribution in [0.5, 0.6) is 11.5 Å². The molecule has 3 aromatic rings. The molecule has 0 aliphatic heterocycles. The molecule has 3 aromatic carbocycles. The average molecular weight is 602 g/mol. The second-order valence-electron chi connectivity index (χ2n) is 7.60. The van der Waals surface area contributed by atoms with E-state index < -0.39 is 16.0 Å². The predicted octanol–water partition coefficient (Wildman–Crippen LogP) is 5.62. The zero-order valence-electron chi connectivity index (χ0n) is 19.3. The van der Waals surface area contributed by atoms with E-state index in [9.17, 15) is 18.5 Å². The number of nitrogens with one attached hydrogen (secondary N) is 1. The molecule has 0 fully saturated rings. The smallest absolute Gasteiger partial charge is 0.339 e. The van der Waals surface area contributed by atoms with Crippen molar-refractivity contribution in [2.24, 2.45) is 0 Å². The summed E-state index contributed by atoms with van der Waals surface area (Å²) in [5.41, 5.74) is 2.89. The fourth-order valence-corrected chi connectivity index (χ4v) is 4.87. The van der Waals surface area contributed by atoms with E-state index in [0.717, 1.165) is 11.1 Å². The number of amides is 1. The number of nitriles is 1. The Kier molecular flexibility index (Phi) is 8.53. The molecule has 3 rings (SSSR count). The number of anilines is 1. The highest BCUT2D eigenvalue weighted by Crippen LogP contribution is 2.37. The van der Waals surface area contributed by atoms with E-state index in [1.54, 1.807) is 37.3 Å². The minimum absolute atomic E-state index is 0.0184. The third kappa shape index (κ3) is 6.83. The molecule has 1 amide bonds. The highest BCUT2D eigenvalue weighted by Gasteiger charge is 2.22. The van der Waals surface area contributed by atoms with Crippen LogP contribution >= 0.6 is 22.6 Å². The lowest BCUT2D eigenvalue weighted by atomic mass is 10.1. The van der Waals surface area contributed by atoms with Gasteiger partial charge in [0.2, 0.25) is 0 Å². The Balaban J connectivity index is 1.93. The fourth-order valence-electron chi connectivity index (χ4n) is 3.03. The highest BCUT2D eigenvalue weighted by atomic mass is 127. The molecular formula is C26H23IN2O5S. The van der Waals surface area contributed by atoms with Gasteiger partial charge in [0.05, 0.1) is 10.2 Å². The zero-order valence-corrected chi connectivity index (χ0v) is 22.3. The van der Waals surface area contributed by atoms with Gasteiger partial charge >= 0.3 is 10.1 Å². The maximum absolute atomic E-state index is 12.8. The first-order valence-electron chi connectivity index (χ1n) is 10.6. The van der Waals surface area contributed by atoms with Gasteiger partial charge in [-0.1, -0.05) is 35.4 Å². The second kappa shape index (κ2) is 11.4. The van der Waals surface area contributed by atoms with Gasteiger partial charge in [-0.25, -0.2) is 0 Å². The minimum atomic E-state index is -4.10. The zero-order chi connectivity index (χ0) is 25.6. The molecule has 0 radical (unpaired) electrons. The van der Waals surface area contributed by atoms with E-state index in [1.807, 2.05) is 54.6 Å². The standard InChI is InChI=1S/C26H23IN2O5S/c1-4-33-24-15-19(13-20(16-28)26(30)29-21-9-5-17(2)6-10-21)14-23(27)25(24)34-35(31,32)22-11-7-18(3)8-12-22/h5-15H,4H2,1-3H3,(H,29,30)/b20-13+. The summed E-state index contributed by atoms with van der Waals surface area (Å²) >= 11 is 1.93. The molecule has 0 saturated heterocycles. The molecule has 0 bridgehead atoms. The number of hydrogen-bond acceptors (Lipinski definition) is 6. The number of carbonyl (C=O) groups excluding carboxylic acids is 1. The first-order valence-corrected chi connectivity index (χ1v) is 13.1. The van der Waals surface area contributed by atoms with Crippen LogP contribution in [0.3, 0.4) is 0 Å². The van der Waals surface area contributed by atoms with Crippen molar-refractivity contribution in [1.82, 2.24) is 0 Å². The average Bonchev–Trinajstić information content (AvgIpc) is 2.81. The van der Waals surface area contributed by atoms with Crippen molar-refractivity contribution >= 4 is 50.4 Å². The van der Waals surface area contributed by atoms with Crippen molar-refractivity contribution in [3.8, 4) is 17.6 Å². The molecule has 180 valence electrons. The molecular weight excluding hydrogens is 579 g/mol. The van der Waals surface area contributed by atoms with Gasteiger partial charge < -0.3 is 14.2 Å². The van der Waals surface area contributed by atoms with E-state index in [2.05, 4.69) is 5.32 Å². The molecule has 0 aromatic heterocycles. The molecule has 0 aliphatic carbocycles. The minimum Gasteiger partial charge on any atom is -0.490 e. The lowest BCUT2D eigenvalue weighted by molar-refractivity contribution is -0.112. The number of aryl methyl sites for hydroxylation is 2. The number of carbonyl (C=O) groups is 1. The van der Waals surface area contributed by atoms with Gasteiger partial charge in [-0.15, -0.1) is 0 Å². The van der Waals surface area contributed by atoms with Crippen molar-refractivity contribution in [2.75, 3.05) is 11.9 Å². The van der Waals surface area contributed by atoms with Crippen molar-refractivity contribution in [1.29, 1.82) is 5.26 Å². The number of nitrogens with zero attached hydrogens (tertiary/aromatic N) is 1. The highest BCUT2D eigenvalue weighted by molar-refractivity contribution is 14.1. The van der Waals surface area contributed by atoms with E-state index >= 15 is 0 Å². The van der Waals surface area contributed by atoms with Crippen molar-refractivity contribution < 1.29 is 22.1 Å². The Morgan fingerprint density at radius 3 is 2.23 bits per heavy atom. The summed E-state index contributed by atoms with van der Waals surface area (Å²) in [6.07, 6.45) is 1.41. The fraction of sp³-hybridized carbons (Fsp3) is 0.154. The topological polar surface area (TPSA) is 105 Å². The normalized spacial score (nSPS) is 11.5. The Morgan fingerprint density at radius 1 is 1.06 bits per heavy atom. The van der Waals surface area contributed by atoms with Crippen molar-refractivity contribution in [3.63, 3.8) is 0 Å². The number of benzene rings is 3. The van der Waals surface area contributed by atoms with Gasteiger partial charge in [0.15, 0.2) is 11.5 Å². The van der Waals surface area contributed by atoms with Crippen LogP contribution in [0.1, 0.15) is 23.6 Å². The summed E-state index contributed by atoms with van der Waals surface area (Å²) in [5.74, 6) is -0.350. The third-order valence-corrected chi connectivity index (χ3v) is 6.86. The van der Waals surface area contributed by atoms with Crippen molar-refractivity contribution in [3.05, 3.63) is 86.5 Å². The molecule has 0 spiro atoms. The summed E-state index contributed by atoms with van der Waals surface area (Å²) in [6.45, 7) is 5.80. The summed E-state index contributed by atoms with van der Waals surface area (Å²) in [7, 11) is -4.10. The Bertz CT molecular complexity index is 1410. The first kappa shape index (κ1) is 26.2. The van der Waals surface area contributed by atoms with Gasteiger partial charge in [0, 0.05) is 5.69 Å². The second-order valence-corrected chi connectivity index (χ2v) is 10.3. The summed E-state index contributed by atoms with van der Waals surface area (Å²) in [4.78, 5) is 12.6. The van der Waals surface area contributed by atoms with Gasteiger partial charge in [-0.05, 0) is 91.4 Å². The third-order valence-electron chi connectivity index (χ3n) is 4.82. The molecule has 1 N–H and O–H groups in total. The lowest BCUT2D eigenvalue weighted by Gasteiger charge is -2.15. The van der Waals surface area contributed by atoms with Crippen LogP contribution in [0.4, 0.5) is 5.69 Å². The van der Waals surface area contributed by atoms with E-state index in [4.69, 9.17) is 8.92 Å². The molecule has 0 aliphatic rings. The SMILES string of the molecule is CCOc1cc(/C=C(\C#N)C(=O)Nc2ccc(C)cc2)cc(I)c1OS(=O)(=O)c1ccc(C)cc1. The molecule has 9 heteroatoms. The number of rotatable bonds is 8. The van der Waals surface area contributed by atoms with Crippen LogP contribution < -0.4 is 14.2 Å². The Morgan fingerprint density at radius 2 is 1.66 bits per heavy atom. The van der Waals surface area contributed by atoms with Crippen LogP contribution in [-0.4, -0.2) is 20.9 Å². The van der Waals surface area contributed by atoms with E-state index in [-0.39, 0.29) is 28.6 Å². The summed E-state index contributed by atoms with van der Waals surface area (Å²) in [6, 6.07) is 18.6. The van der Waals surface area contributed by atoms with Crippen LogP contribution in [0, 0.1) is 28.7 Å². The summed E-state index contributed by atoms with van der Waals surface area (Å²) < 4.78 is 37.2. The van der Waals surface area contributed by atoms with Crippen LogP contribution in [-0.2, 0) is 14.9 Å². The van der Waals surface area contributed by atoms with Gasteiger partial charge in [-0.2, -0.15) is 13.7 Å². The van der Waals surface area contributed by atoms with Gasteiger partial charge in [-0.3, -0.25) is 4.79 Å². The predicted molar refractivity (Wildman–Crippen MR) is 143 cm³/mol. The molecule has 0 atom stereocenters. The molecule has 0 heterocycles. The maximum atomic E-state index is 12.8. The number of ether oxygens (including phenoxy) is 1. The van der Waals surface area contributed by atoms with E-state index in [1.165, 1.54) is 24.3 Å². The molecule has 35 heavy (non-hydrogen) atoms. The first-order chi connectivity index (χ1) is 16.6. The maximum Gasteiger partial charge on any atom is 0.339 e. The summed E-state index contributed by atoms with van der Waals surface area (Å²) in [5, 5.41) is 12.3. The number of hydrogen-bond donors (Lipinski definition) is 1. The quantitative estimate of drug-likeness (QED) is 0.155. The largest absolute Gasteiger partial charge is 0.490 e. The van der Waals surface area contributed by atoms with Crippen LogP contribution in [0.2, 0.25) is 0 Å². The number of halogens is 1. The van der Waals surface area contributed by atoms with Gasteiger partial charge in [0.1, 0.15) is 16.5 Å². The van der Waals surface area contributed by atoms with Crippen molar-refractivity contribution in [2.45, 2.75) is 25.7 Å². The molecule has 0 unspecified atom stereocenters. The van der Waals surface area contributed by atoms with Crippen LogP contribution in [0.25, 0.3) is 6.08 Å². The Labute approximate surface area is 218 Å². The molecule has 0 saturated carbocycles. The lowest BCUT2D eigenvalue weighted by Crippen LogP contribution is -2.13. The molecule has 7 nitrogen and oxygen atoms in total. The van der Waals surface area contributed by atoms with E-state index in [0.29, 0.717) is 14.8 Å². The van der Waals surface area contributed by atoms with Crippen LogP contribution in [0.15, 0.2) is 71.1 Å². The monoisotopic (exact) mass is 602 g/mol.